The summed E-state index contributed by atoms with van der Waals surface area (Å²) in [6, 6.07) is 7.21. The zero-order valence-corrected chi connectivity index (χ0v) is 15.5. The van der Waals surface area contributed by atoms with Gasteiger partial charge in [-0.2, -0.15) is 0 Å². The Morgan fingerprint density at radius 3 is 2.17 bits per heavy atom. The molecule has 1 aromatic rings. The van der Waals surface area contributed by atoms with Crippen molar-refractivity contribution in [2.24, 2.45) is 11.7 Å². The maximum atomic E-state index is 12.3. The fourth-order valence-corrected chi connectivity index (χ4v) is 3.25. The fraction of sp³-hybridized carbons (Fsp3) is 0.500. The number of primary amides is 1. The number of thioether (sulfide) groups is 1. The molecule has 0 bridgehead atoms. The lowest BCUT2D eigenvalue weighted by molar-refractivity contribution is -0.125. The Morgan fingerprint density at radius 2 is 1.71 bits per heavy atom. The molecule has 6 heteroatoms. The van der Waals surface area contributed by atoms with E-state index in [-0.39, 0.29) is 22.7 Å². The maximum absolute atomic E-state index is 12.3. The smallest absolute Gasteiger partial charge is 0.240 e. The Labute approximate surface area is 147 Å². The van der Waals surface area contributed by atoms with Crippen LogP contribution in [-0.4, -0.2) is 28.7 Å². The molecule has 0 spiro atoms. The van der Waals surface area contributed by atoms with Gasteiger partial charge in [-0.25, -0.2) is 0 Å². The third-order valence-corrected chi connectivity index (χ3v) is 4.73. The van der Waals surface area contributed by atoms with Crippen molar-refractivity contribution < 1.29 is 14.4 Å². The highest BCUT2D eigenvalue weighted by Gasteiger charge is 2.21. The third kappa shape index (κ3) is 6.74. The maximum Gasteiger partial charge on any atom is 0.240 e. The van der Waals surface area contributed by atoms with Gasteiger partial charge in [-0.1, -0.05) is 56.8 Å². The van der Waals surface area contributed by atoms with Crippen LogP contribution in [-0.2, 0) is 20.8 Å². The molecule has 0 aliphatic carbocycles. The molecule has 0 radical (unpaired) electrons. The average molecular weight is 350 g/mol. The highest BCUT2D eigenvalue weighted by molar-refractivity contribution is 8.13. The lowest BCUT2D eigenvalue weighted by Gasteiger charge is -2.15. The van der Waals surface area contributed by atoms with Crippen molar-refractivity contribution in [1.82, 2.24) is 5.32 Å². The molecule has 0 fully saturated rings. The minimum Gasteiger partial charge on any atom is -0.368 e. The summed E-state index contributed by atoms with van der Waals surface area (Å²) in [6.45, 7) is 7.48. The molecule has 0 aliphatic rings. The lowest BCUT2D eigenvalue weighted by Crippen LogP contribution is -2.45. The molecule has 24 heavy (non-hydrogen) atoms. The standard InChI is InChI=1S/C18H26N2O3S/c1-11(2)9-14-5-7-15(8-6-14)12(3)18(23)24-10-16(17(19)22)20-13(4)21/h5-8,11-12,16H,9-10H2,1-4H3,(H2,19,22)(H,20,21)/t12-,16+/m0/s1. The van der Waals surface area contributed by atoms with Crippen molar-refractivity contribution in [3.8, 4) is 0 Å². The monoisotopic (exact) mass is 350 g/mol. The minimum atomic E-state index is -0.836. The average Bonchev–Trinajstić information content (AvgIpc) is 2.50. The number of hydrogen-bond acceptors (Lipinski definition) is 4. The van der Waals surface area contributed by atoms with E-state index in [0.29, 0.717) is 5.92 Å². The number of amides is 2. The molecule has 3 N–H and O–H groups in total. The number of hydrogen-bond donors (Lipinski definition) is 2. The van der Waals surface area contributed by atoms with Crippen molar-refractivity contribution in [2.45, 2.75) is 46.1 Å². The molecule has 132 valence electrons. The summed E-state index contributed by atoms with van der Waals surface area (Å²) >= 11 is 1.02. The van der Waals surface area contributed by atoms with Gasteiger partial charge >= 0.3 is 0 Å². The second kappa shape index (κ2) is 9.47. The first-order chi connectivity index (χ1) is 11.2. The Hall–Kier alpha value is -1.82. The molecular formula is C18H26N2O3S. The van der Waals surface area contributed by atoms with Gasteiger partial charge in [-0.15, -0.1) is 0 Å². The van der Waals surface area contributed by atoms with Crippen LogP contribution in [0.1, 0.15) is 44.7 Å². The summed E-state index contributed by atoms with van der Waals surface area (Å²) in [5, 5.41) is 2.40. The Morgan fingerprint density at radius 1 is 1.12 bits per heavy atom. The molecule has 0 unspecified atom stereocenters. The van der Waals surface area contributed by atoms with Gasteiger partial charge in [-0.3, -0.25) is 14.4 Å². The van der Waals surface area contributed by atoms with Crippen molar-refractivity contribution in [2.75, 3.05) is 5.75 Å². The van der Waals surface area contributed by atoms with E-state index in [2.05, 4.69) is 19.2 Å². The van der Waals surface area contributed by atoms with Gasteiger partial charge in [0.25, 0.3) is 0 Å². The van der Waals surface area contributed by atoms with E-state index in [9.17, 15) is 14.4 Å². The second-order valence-electron chi connectivity index (χ2n) is 6.35. The van der Waals surface area contributed by atoms with Crippen molar-refractivity contribution in [3.05, 3.63) is 35.4 Å². The van der Waals surface area contributed by atoms with E-state index in [1.54, 1.807) is 0 Å². The molecule has 0 heterocycles. The van der Waals surface area contributed by atoms with Gasteiger partial charge in [0.2, 0.25) is 11.8 Å². The third-order valence-electron chi connectivity index (χ3n) is 3.59. The summed E-state index contributed by atoms with van der Waals surface area (Å²) in [5.74, 6) is -0.542. The van der Waals surface area contributed by atoms with Crippen LogP contribution < -0.4 is 11.1 Å². The van der Waals surface area contributed by atoms with Gasteiger partial charge in [0.15, 0.2) is 5.12 Å². The van der Waals surface area contributed by atoms with E-state index in [1.807, 2.05) is 31.2 Å². The highest BCUT2D eigenvalue weighted by Crippen LogP contribution is 2.23. The molecule has 5 nitrogen and oxygen atoms in total. The van der Waals surface area contributed by atoms with Crippen LogP contribution in [0.3, 0.4) is 0 Å². The first-order valence-corrected chi connectivity index (χ1v) is 9.01. The van der Waals surface area contributed by atoms with Crippen molar-refractivity contribution in [1.29, 1.82) is 0 Å². The summed E-state index contributed by atoms with van der Waals surface area (Å²) in [7, 11) is 0. The van der Waals surface area contributed by atoms with Crippen LogP contribution in [0.5, 0.6) is 0 Å². The quantitative estimate of drug-likeness (QED) is 0.752. The molecule has 0 aromatic heterocycles. The summed E-state index contributed by atoms with van der Waals surface area (Å²) in [6.07, 6.45) is 1.01. The predicted molar refractivity (Wildman–Crippen MR) is 97.7 cm³/mol. The number of carbonyl (C=O) groups is 3. The van der Waals surface area contributed by atoms with Crippen molar-refractivity contribution >= 4 is 28.7 Å². The van der Waals surface area contributed by atoms with Gasteiger partial charge in [0, 0.05) is 12.7 Å². The zero-order chi connectivity index (χ0) is 18.3. The highest BCUT2D eigenvalue weighted by atomic mass is 32.2. The van der Waals surface area contributed by atoms with Gasteiger partial charge in [0.1, 0.15) is 6.04 Å². The number of carbonyl (C=O) groups excluding carboxylic acids is 3. The predicted octanol–water partition coefficient (Wildman–Crippen LogP) is 2.24. The first-order valence-electron chi connectivity index (χ1n) is 8.02. The molecular weight excluding hydrogens is 324 g/mol. The Bertz CT molecular complexity index is 584. The van der Waals surface area contributed by atoms with E-state index >= 15 is 0 Å². The van der Waals surface area contributed by atoms with Crippen LogP contribution in [0.25, 0.3) is 0 Å². The van der Waals surface area contributed by atoms with Crippen LogP contribution in [0.2, 0.25) is 0 Å². The Kier molecular flexibility index (Phi) is 7.98. The minimum absolute atomic E-state index is 0.0526. The summed E-state index contributed by atoms with van der Waals surface area (Å²) < 4.78 is 0. The van der Waals surface area contributed by atoms with E-state index < -0.39 is 11.9 Å². The summed E-state index contributed by atoms with van der Waals surface area (Å²) in [5.41, 5.74) is 7.43. The van der Waals surface area contributed by atoms with Crippen LogP contribution in [0.4, 0.5) is 0 Å². The largest absolute Gasteiger partial charge is 0.368 e. The Balaban J connectivity index is 2.63. The normalized spacial score (nSPS) is 13.4. The molecule has 2 amide bonds. The van der Waals surface area contributed by atoms with Crippen LogP contribution in [0, 0.1) is 5.92 Å². The van der Waals surface area contributed by atoms with Gasteiger partial charge in [0.05, 0.1) is 5.92 Å². The fourth-order valence-electron chi connectivity index (χ4n) is 2.28. The van der Waals surface area contributed by atoms with Crippen LogP contribution >= 0.6 is 11.8 Å². The molecule has 0 saturated carbocycles. The van der Waals surface area contributed by atoms with Crippen molar-refractivity contribution in [3.63, 3.8) is 0 Å². The topological polar surface area (TPSA) is 89.3 Å². The first kappa shape index (κ1) is 20.2. The number of benzene rings is 1. The number of nitrogens with two attached hydrogens (primary N) is 1. The summed E-state index contributed by atoms with van der Waals surface area (Å²) in [4.78, 5) is 34.7. The zero-order valence-electron chi connectivity index (χ0n) is 14.7. The SMILES string of the molecule is CC(=O)N[C@H](CSC(=O)[C@@H](C)c1ccc(CC(C)C)cc1)C(N)=O. The number of rotatable bonds is 8. The van der Waals surface area contributed by atoms with E-state index in [1.165, 1.54) is 12.5 Å². The van der Waals surface area contributed by atoms with E-state index in [0.717, 1.165) is 23.7 Å². The molecule has 2 atom stereocenters. The number of nitrogens with one attached hydrogen (secondary N) is 1. The van der Waals surface area contributed by atoms with Gasteiger partial charge < -0.3 is 11.1 Å². The molecule has 0 aliphatic heterocycles. The molecule has 1 aromatic carbocycles. The van der Waals surface area contributed by atoms with Gasteiger partial charge in [-0.05, 0) is 23.5 Å². The lowest BCUT2D eigenvalue weighted by atomic mass is 9.97. The van der Waals surface area contributed by atoms with Crippen LogP contribution in [0.15, 0.2) is 24.3 Å². The van der Waals surface area contributed by atoms with E-state index in [4.69, 9.17) is 5.73 Å². The second-order valence-corrected chi connectivity index (χ2v) is 7.37. The molecule has 1 rings (SSSR count). The molecule has 0 saturated heterocycles.